The molecule has 4 atom stereocenters. The number of pyridine rings is 1. The number of hydrogen-bond acceptors (Lipinski definition) is 7. The highest BCUT2D eigenvalue weighted by Gasteiger charge is 2.50. The zero-order valence-corrected chi connectivity index (χ0v) is 28.5. The lowest BCUT2D eigenvalue weighted by atomic mass is 9.79. The zero-order valence-electron chi connectivity index (χ0n) is 28.5. The van der Waals surface area contributed by atoms with Crippen molar-refractivity contribution in [3.8, 4) is 17.2 Å². The zero-order chi connectivity index (χ0) is 34.3. The Labute approximate surface area is 284 Å². The molecule has 2 bridgehead atoms. The molecule has 5 aromatic rings. The molecule has 1 aliphatic carbocycles. The first-order valence-corrected chi connectivity index (χ1v) is 17.1. The Bertz CT molecular complexity index is 2180. The van der Waals surface area contributed by atoms with Gasteiger partial charge in [-0.15, -0.1) is 0 Å². The van der Waals surface area contributed by atoms with E-state index in [0.717, 1.165) is 23.9 Å². The van der Waals surface area contributed by atoms with Crippen molar-refractivity contribution in [1.82, 2.24) is 29.7 Å². The lowest BCUT2D eigenvalue weighted by Crippen LogP contribution is -2.57. The predicted molar refractivity (Wildman–Crippen MR) is 188 cm³/mol. The fourth-order valence-corrected chi connectivity index (χ4v) is 8.27. The van der Waals surface area contributed by atoms with E-state index in [2.05, 4.69) is 25.8 Å². The predicted octanol–water partition coefficient (Wildman–Crippen LogP) is 5.61. The van der Waals surface area contributed by atoms with Gasteiger partial charge in [-0.25, -0.2) is 18.7 Å². The Morgan fingerprint density at radius 1 is 1.08 bits per heavy atom. The van der Waals surface area contributed by atoms with Crippen molar-refractivity contribution in [3.05, 3.63) is 65.5 Å². The van der Waals surface area contributed by atoms with Crippen LogP contribution in [0.4, 0.5) is 14.6 Å². The number of fused-ring (bicyclic) bond motifs is 5. The maximum atomic E-state index is 17.6. The van der Waals surface area contributed by atoms with Crippen molar-refractivity contribution in [3.63, 3.8) is 0 Å². The van der Waals surface area contributed by atoms with Crippen LogP contribution in [0.2, 0.25) is 0 Å². The van der Waals surface area contributed by atoms with E-state index in [1.54, 1.807) is 25.1 Å². The average molecular weight is 663 g/mol. The third-order valence-electron chi connectivity index (χ3n) is 11.0. The number of imidazole rings is 1. The van der Waals surface area contributed by atoms with Gasteiger partial charge in [0.1, 0.15) is 22.7 Å². The van der Waals surface area contributed by atoms with Gasteiger partial charge in [-0.3, -0.25) is 4.79 Å². The number of aromatic nitrogens is 3. The van der Waals surface area contributed by atoms with E-state index >= 15 is 4.39 Å². The second-order valence-electron chi connectivity index (χ2n) is 14.4. The van der Waals surface area contributed by atoms with Crippen LogP contribution in [0.1, 0.15) is 43.1 Å². The van der Waals surface area contributed by atoms with Crippen LogP contribution >= 0.6 is 0 Å². The first-order valence-electron chi connectivity index (χ1n) is 17.1. The first-order chi connectivity index (χ1) is 23.6. The van der Waals surface area contributed by atoms with Crippen LogP contribution in [-0.4, -0.2) is 90.2 Å². The van der Waals surface area contributed by atoms with Crippen LogP contribution in [0.3, 0.4) is 0 Å². The Hall–Kier alpha value is -4.66. The van der Waals surface area contributed by atoms with Crippen molar-refractivity contribution in [2.75, 3.05) is 52.7 Å². The highest BCUT2D eigenvalue weighted by atomic mass is 19.1. The molecule has 11 heteroatoms. The number of hydrogen-bond donors (Lipinski definition) is 1. The number of carbonyl (C=O) groups is 1. The summed E-state index contributed by atoms with van der Waals surface area (Å²) < 4.78 is 34.5. The molecule has 3 aliphatic heterocycles. The lowest BCUT2D eigenvalue weighted by Gasteiger charge is -2.43. The van der Waals surface area contributed by atoms with Crippen molar-refractivity contribution in [2.45, 2.75) is 50.2 Å². The lowest BCUT2D eigenvalue weighted by molar-refractivity contribution is -0.130. The summed E-state index contributed by atoms with van der Waals surface area (Å²) in [6.07, 6.45) is 1.52. The quantitative estimate of drug-likeness (QED) is 0.231. The third kappa shape index (κ3) is 4.87. The molecule has 4 fully saturated rings. The minimum absolute atomic E-state index is 0.0574. The van der Waals surface area contributed by atoms with Gasteiger partial charge in [0.05, 0.1) is 23.5 Å². The van der Waals surface area contributed by atoms with Crippen LogP contribution in [-0.2, 0) is 11.2 Å². The van der Waals surface area contributed by atoms with Crippen molar-refractivity contribution < 1.29 is 13.6 Å². The summed E-state index contributed by atoms with van der Waals surface area (Å²) in [5.74, 6) is 0.118. The fraction of sp³-hybridized carbons (Fsp3) is 0.421. The van der Waals surface area contributed by atoms with Gasteiger partial charge in [0, 0.05) is 63.2 Å². The van der Waals surface area contributed by atoms with E-state index in [1.807, 2.05) is 45.3 Å². The van der Waals surface area contributed by atoms with Gasteiger partial charge in [0.2, 0.25) is 5.91 Å². The first kappa shape index (κ1) is 31.6. The van der Waals surface area contributed by atoms with E-state index in [4.69, 9.17) is 9.97 Å². The maximum absolute atomic E-state index is 17.6. The Morgan fingerprint density at radius 3 is 2.55 bits per heavy atom. The average Bonchev–Trinajstić information content (AvgIpc) is 3.79. The normalized spacial score (nSPS) is 21.0. The Balaban J connectivity index is 1.47. The molecule has 3 saturated heterocycles. The molecule has 0 spiro atoms. The number of anilines is 1. The molecule has 4 aliphatic rings. The molecule has 2 aromatic heterocycles. The highest BCUT2D eigenvalue weighted by Crippen LogP contribution is 2.49. The minimum atomic E-state index is -0.538. The number of rotatable bonds is 8. The minimum Gasteiger partial charge on any atom is -0.351 e. The molecule has 1 amide bonds. The Kier molecular flexibility index (Phi) is 7.57. The molecule has 1 N–H and O–H groups in total. The number of likely N-dealkylation sites (N-methyl/N-ethyl adjacent to an activating group) is 2. The monoisotopic (exact) mass is 662 g/mol. The summed E-state index contributed by atoms with van der Waals surface area (Å²) in [5.41, 5.74) is 3.19. The van der Waals surface area contributed by atoms with Gasteiger partial charge in [-0.1, -0.05) is 24.3 Å². The molecule has 9 rings (SSSR count). The second-order valence-corrected chi connectivity index (χ2v) is 14.4. The molecule has 252 valence electrons. The van der Waals surface area contributed by atoms with Gasteiger partial charge in [-0.2, -0.15) is 5.26 Å². The summed E-state index contributed by atoms with van der Waals surface area (Å²) in [7, 11) is 7.60. The number of amides is 1. The molecule has 1 saturated carbocycles. The van der Waals surface area contributed by atoms with Crippen LogP contribution in [0, 0.1) is 28.9 Å². The number of aryl methyl sites for hydroxylation is 1. The largest absolute Gasteiger partial charge is 0.351 e. The molecule has 0 radical (unpaired) electrons. The van der Waals surface area contributed by atoms with Crippen molar-refractivity contribution in [1.29, 1.82) is 5.26 Å². The highest BCUT2D eigenvalue weighted by molar-refractivity contribution is 6.10. The summed E-state index contributed by atoms with van der Waals surface area (Å²) in [6.45, 7) is 4.19. The summed E-state index contributed by atoms with van der Waals surface area (Å²) >= 11 is 0. The molecular formula is C38H40F2N8O. The van der Waals surface area contributed by atoms with E-state index in [0.29, 0.717) is 76.1 Å². The molecule has 5 heterocycles. The van der Waals surface area contributed by atoms with Gasteiger partial charge in [0.25, 0.3) is 0 Å². The second kappa shape index (κ2) is 11.7. The van der Waals surface area contributed by atoms with Gasteiger partial charge < -0.3 is 24.6 Å². The van der Waals surface area contributed by atoms with Crippen LogP contribution in [0.5, 0.6) is 0 Å². The topological polar surface area (TPSA) is 93.3 Å². The van der Waals surface area contributed by atoms with Crippen LogP contribution in [0.25, 0.3) is 43.8 Å². The van der Waals surface area contributed by atoms with Crippen LogP contribution in [0.15, 0.2) is 42.5 Å². The fourth-order valence-electron chi connectivity index (χ4n) is 8.27. The van der Waals surface area contributed by atoms with Gasteiger partial charge in [-0.05, 0) is 79.9 Å². The number of nitrogens with one attached hydrogen (secondary N) is 1. The molecule has 49 heavy (non-hydrogen) atoms. The molecule has 4 unspecified atom stereocenters. The maximum Gasteiger partial charge on any atom is 0.232 e. The smallest absolute Gasteiger partial charge is 0.232 e. The molecule has 3 aromatic carbocycles. The van der Waals surface area contributed by atoms with E-state index in [-0.39, 0.29) is 29.9 Å². The Morgan fingerprint density at radius 2 is 1.88 bits per heavy atom. The van der Waals surface area contributed by atoms with Crippen LogP contribution < -0.4 is 10.2 Å². The van der Waals surface area contributed by atoms with Crippen molar-refractivity contribution >= 4 is 44.4 Å². The SMILES string of the molecule is CC(C(=O)N(C)C)c1nc2c(N3CC(N(C)C)C3)nc3c(F)c(-c4cccc5ccc(F)cc45)c(CCC#N)cc3c2n1C1C2CNC1C2. The summed E-state index contributed by atoms with van der Waals surface area (Å²) in [6, 6.07) is 14.9. The van der Waals surface area contributed by atoms with Crippen molar-refractivity contribution in [2.24, 2.45) is 5.92 Å². The molecule has 9 nitrogen and oxygen atoms in total. The van der Waals surface area contributed by atoms with E-state index < -0.39 is 17.6 Å². The number of nitriles is 1. The summed E-state index contributed by atoms with van der Waals surface area (Å²) in [4.78, 5) is 29.8. The third-order valence-corrected chi connectivity index (χ3v) is 11.0. The number of carbonyl (C=O) groups excluding carboxylic acids is 1. The van der Waals surface area contributed by atoms with E-state index in [1.165, 1.54) is 12.1 Å². The van der Waals surface area contributed by atoms with Gasteiger partial charge in [0.15, 0.2) is 11.6 Å². The number of benzene rings is 3. The number of halogens is 2. The number of nitrogens with zero attached hydrogens (tertiary/aromatic N) is 7. The summed E-state index contributed by atoms with van der Waals surface area (Å²) in [5, 5.41) is 15.3. The van der Waals surface area contributed by atoms with E-state index in [9.17, 15) is 14.4 Å². The van der Waals surface area contributed by atoms with Gasteiger partial charge >= 0.3 is 0 Å². The molecular weight excluding hydrogens is 622 g/mol. The standard InChI is InChI=1S/C38H40F2N8O/c1-20(38(49)46(4)5)36-44-33-35(48(36)34-23-15-29(34)42-17-23)28-14-22(9-7-13-41)30(26-10-6-8-21-11-12-24(39)16-27(21)26)31(40)32(28)43-37(33)47-18-25(19-47)45(2)3/h6,8,10-12,14,16,20,23,25,29,34,42H,7,9,15,17-19H2,1-5H3.